The molecule has 10 atom stereocenters. The van der Waals surface area contributed by atoms with Crippen LogP contribution in [0.5, 0.6) is 0 Å². The normalized spacial score (nSPS) is 26.9. The van der Waals surface area contributed by atoms with Crippen molar-refractivity contribution in [3.63, 3.8) is 0 Å². The summed E-state index contributed by atoms with van der Waals surface area (Å²) in [6, 6.07) is 74.6. The molecule has 16 heteroatoms. The number of aliphatic imine (C=N–C) groups is 4. The molecule has 16 nitrogen and oxygen atoms in total. The first-order chi connectivity index (χ1) is 44.9. The molecule has 2 aliphatic carbocycles. The molecule has 8 aromatic rings. The van der Waals surface area contributed by atoms with Crippen LogP contribution in [-0.2, 0) is 57.2 Å². The lowest BCUT2D eigenvalue weighted by Gasteiger charge is -2.52. The Morgan fingerprint density at radius 1 is 0.348 bits per heavy atom. The van der Waals surface area contributed by atoms with Gasteiger partial charge in [-0.15, -0.1) is 0 Å². The number of benzene rings is 8. The van der Waals surface area contributed by atoms with Crippen molar-refractivity contribution < 1.29 is 57.2 Å². The third kappa shape index (κ3) is 10.3. The second kappa shape index (κ2) is 25.0. The second-order valence-corrected chi connectivity index (χ2v) is 23.1. The number of esters is 6. The maximum Gasteiger partial charge on any atom is 0.342 e. The Labute approximate surface area is 530 Å². The van der Waals surface area contributed by atoms with E-state index >= 15 is 0 Å². The Kier molecular flexibility index (Phi) is 16.2. The lowest BCUT2D eigenvalue weighted by molar-refractivity contribution is -0.151. The summed E-state index contributed by atoms with van der Waals surface area (Å²) in [4.78, 5) is 104. The molecule has 0 saturated heterocycles. The highest BCUT2D eigenvalue weighted by Crippen LogP contribution is 2.65. The van der Waals surface area contributed by atoms with E-state index in [0.717, 1.165) is 11.1 Å². The van der Waals surface area contributed by atoms with Gasteiger partial charge in [0, 0.05) is 58.1 Å². The zero-order chi connectivity index (χ0) is 63.5. The van der Waals surface area contributed by atoms with Crippen LogP contribution in [0.25, 0.3) is 0 Å². The van der Waals surface area contributed by atoms with Gasteiger partial charge in [-0.3, -0.25) is 0 Å². The molecule has 0 amide bonds. The van der Waals surface area contributed by atoms with E-state index in [1.165, 1.54) is 26.4 Å². The van der Waals surface area contributed by atoms with E-state index in [-0.39, 0.29) is 36.4 Å². The van der Waals surface area contributed by atoms with E-state index in [9.17, 15) is 28.8 Å². The van der Waals surface area contributed by atoms with Crippen LogP contribution in [-0.4, -0.2) is 95.8 Å². The second-order valence-electron chi connectivity index (χ2n) is 23.1. The summed E-state index contributed by atoms with van der Waals surface area (Å²) in [5, 5.41) is 0. The molecule has 2 fully saturated rings. The van der Waals surface area contributed by atoms with Crippen molar-refractivity contribution in [1.29, 1.82) is 0 Å². The molecule has 0 N–H and O–H groups in total. The fraction of sp³-hybridized carbons (Fsp3) is 0.184. The number of carbonyl (C=O) groups excluding carboxylic acids is 6. The van der Waals surface area contributed by atoms with Crippen LogP contribution in [0.15, 0.2) is 287 Å². The summed E-state index contributed by atoms with van der Waals surface area (Å²) in [7, 11) is 2.59. The first-order valence-corrected chi connectivity index (χ1v) is 30.2. The van der Waals surface area contributed by atoms with Crippen LogP contribution < -0.4 is 0 Å². The van der Waals surface area contributed by atoms with Crippen LogP contribution >= 0.6 is 0 Å². The molecule has 0 unspecified atom stereocenters. The molecular weight excluding hydrogens is 1160 g/mol. The smallest absolute Gasteiger partial charge is 0.342 e. The van der Waals surface area contributed by atoms with E-state index in [1.807, 2.05) is 243 Å². The maximum absolute atomic E-state index is 14.7. The van der Waals surface area contributed by atoms with Crippen molar-refractivity contribution in [1.82, 2.24) is 0 Å². The van der Waals surface area contributed by atoms with Crippen LogP contribution in [0.4, 0.5) is 0 Å². The van der Waals surface area contributed by atoms with Gasteiger partial charge in [-0.05, 0) is 83.6 Å². The number of cyclic esters (lactones) is 4. The highest BCUT2D eigenvalue weighted by Gasteiger charge is 2.75. The summed E-state index contributed by atoms with van der Waals surface area (Å²) in [5.41, 5.74) is -1.18. The first kappa shape index (κ1) is 59.7. The van der Waals surface area contributed by atoms with Gasteiger partial charge in [0.15, 0.2) is 22.2 Å². The summed E-state index contributed by atoms with van der Waals surface area (Å²) >= 11 is 0. The maximum atomic E-state index is 14.7. The minimum atomic E-state index is -1.70. The number of ether oxygens (including phenoxy) is 6. The molecule has 4 heterocycles. The zero-order valence-electron chi connectivity index (χ0n) is 50.0. The molecule has 4 aliphatic heterocycles. The minimum Gasteiger partial charge on any atom is -0.466 e. The van der Waals surface area contributed by atoms with Gasteiger partial charge in [-0.1, -0.05) is 206 Å². The van der Waals surface area contributed by atoms with Crippen LogP contribution in [0.1, 0.15) is 81.0 Å². The molecular formula is C76H60N4O12. The fourth-order valence-corrected chi connectivity index (χ4v) is 14.2. The van der Waals surface area contributed by atoms with E-state index in [1.54, 1.807) is 12.2 Å². The summed E-state index contributed by atoms with van der Waals surface area (Å²) in [6.45, 7) is 0. The highest BCUT2D eigenvalue weighted by atomic mass is 16.6. The van der Waals surface area contributed by atoms with Crippen molar-refractivity contribution in [2.45, 2.75) is 58.7 Å². The number of rotatable bonds is 12. The highest BCUT2D eigenvalue weighted by molar-refractivity contribution is 6.14. The number of methoxy groups -OCH3 is 2. The molecule has 6 aliphatic rings. The molecule has 8 aromatic carbocycles. The topological polar surface area (TPSA) is 207 Å². The lowest BCUT2D eigenvalue weighted by atomic mass is 9.51. The van der Waals surface area contributed by atoms with E-state index < -0.39 is 93.5 Å². The van der Waals surface area contributed by atoms with E-state index in [0.29, 0.717) is 33.4 Å². The Morgan fingerprint density at radius 3 is 0.837 bits per heavy atom. The number of carbonyl (C=O) groups is 6. The molecule has 0 aromatic heterocycles. The summed E-state index contributed by atoms with van der Waals surface area (Å²) in [5.74, 6) is -7.52. The van der Waals surface area contributed by atoms with Crippen molar-refractivity contribution in [3.8, 4) is 0 Å². The summed E-state index contributed by atoms with van der Waals surface area (Å²) < 4.78 is 34.0. The molecule has 2 saturated carbocycles. The molecule has 14 rings (SSSR count). The summed E-state index contributed by atoms with van der Waals surface area (Å²) in [6.07, 6.45) is 6.38. The van der Waals surface area contributed by atoms with Gasteiger partial charge in [0.2, 0.25) is 23.6 Å². The number of nitrogens with zero attached hydrogens (tertiary/aromatic N) is 4. The van der Waals surface area contributed by atoms with Gasteiger partial charge >= 0.3 is 35.8 Å². The van der Waals surface area contributed by atoms with E-state index in [4.69, 9.17) is 48.4 Å². The average Bonchev–Trinajstić information content (AvgIpc) is 1.47. The standard InChI is InChI=1S/2C38H30N2O6/c2*1-44-31(41)23-22-29-24-30(25-14-6-2-7-15-25)38(36(43)46-34(40-38)28-20-12-5-13-21-28)32(26-16-8-3-9-17-26)37(29)35(42)45-33(39-37)27-18-10-4-11-19-27/h2*2-23,29-30,32H,24H2,1H3/b2*23-22+/t2*29-,30-,32-,37-,38+/m10/s1. The van der Waals surface area contributed by atoms with Gasteiger partial charge in [0.25, 0.3) is 0 Å². The predicted molar refractivity (Wildman–Crippen MR) is 342 cm³/mol. The van der Waals surface area contributed by atoms with Gasteiger partial charge in [-0.25, -0.2) is 48.7 Å². The van der Waals surface area contributed by atoms with Gasteiger partial charge in [-0.2, -0.15) is 0 Å². The number of hydrogen-bond acceptors (Lipinski definition) is 16. The lowest BCUT2D eigenvalue weighted by Crippen LogP contribution is -2.63. The predicted octanol–water partition coefficient (Wildman–Crippen LogP) is 11.6. The quantitative estimate of drug-likeness (QED) is 0.0636. The van der Waals surface area contributed by atoms with Crippen molar-refractivity contribution >= 4 is 59.4 Å². The Hall–Kier alpha value is -11.3. The van der Waals surface area contributed by atoms with E-state index in [2.05, 4.69) is 0 Å². The Bertz CT molecular complexity index is 4030. The molecule has 92 heavy (non-hydrogen) atoms. The average molecular weight is 1220 g/mol. The monoisotopic (exact) mass is 1220 g/mol. The zero-order valence-corrected chi connectivity index (χ0v) is 50.0. The molecule has 456 valence electrons. The third-order valence-corrected chi connectivity index (χ3v) is 18.2. The largest absolute Gasteiger partial charge is 0.466 e. The van der Waals surface area contributed by atoms with Crippen LogP contribution in [0, 0.1) is 11.8 Å². The van der Waals surface area contributed by atoms with Crippen molar-refractivity contribution in [2.24, 2.45) is 31.8 Å². The van der Waals surface area contributed by atoms with Crippen LogP contribution in [0.3, 0.4) is 0 Å². The first-order valence-electron chi connectivity index (χ1n) is 30.2. The minimum absolute atomic E-state index is 0.134. The molecule has 0 radical (unpaired) electrons. The van der Waals surface area contributed by atoms with Crippen LogP contribution in [0.2, 0.25) is 0 Å². The Morgan fingerprint density at radius 2 is 0.576 bits per heavy atom. The third-order valence-electron chi connectivity index (χ3n) is 18.2. The molecule has 4 spiro atoms. The fourth-order valence-electron chi connectivity index (χ4n) is 14.2. The van der Waals surface area contributed by atoms with Crippen molar-refractivity contribution in [3.05, 3.63) is 311 Å². The van der Waals surface area contributed by atoms with Crippen molar-refractivity contribution in [2.75, 3.05) is 14.2 Å². The molecule has 0 bridgehead atoms. The van der Waals surface area contributed by atoms with Gasteiger partial charge in [0.05, 0.1) is 26.1 Å². The SMILES string of the molecule is COC(=O)/C=C/[C@@H]1C[C@H](c2ccccc2)[C@]2(N=C(c3ccccc3)OC2=O)[C@H](c2ccccc2)[C@]12N=C(c1ccccc1)OC2=O.COC(=O)/C=C/[C@H]1C[C@@H](c2ccccc2)[C@@]2(N=C(c3ccccc3)OC2=O)[C@@H](c2ccccc2)[C@@]12N=C(c1ccccc1)OC2=O. The Balaban J connectivity index is 0.000000168. The number of hydrogen-bond donors (Lipinski definition) is 0. The van der Waals surface area contributed by atoms with Gasteiger partial charge in [0.1, 0.15) is 0 Å². The van der Waals surface area contributed by atoms with Gasteiger partial charge < -0.3 is 28.4 Å².